The van der Waals surface area contributed by atoms with E-state index in [1.807, 2.05) is 40.9 Å². The van der Waals surface area contributed by atoms with Gasteiger partial charge in [-0.15, -0.1) is 0 Å². The van der Waals surface area contributed by atoms with Crippen LogP contribution in [0.3, 0.4) is 0 Å². The zero-order valence-corrected chi connectivity index (χ0v) is 18.7. The van der Waals surface area contributed by atoms with Crippen molar-refractivity contribution < 1.29 is 18.0 Å². The number of nitrogens with zero attached hydrogens (tertiary/aromatic N) is 5. The molecule has 1 fully saturated rings. The van der Waals surface area contributed by atoms with E-state index in [1.165, 1.54) is 0 Å². The molecule has 10 heteroatoms. The highest BCUT2D eigenvalue weighted by Crippen LogP contribution is 2.27. The van der Waals surface area contributed by atoms with Gasteiger partial charge in [0.25, 0.3) is 0 Å². The number of hydrogen-bond donors (Lipinski definition) is 1. The third-order valence-corrected chi connectivity index (χ3v) is 5.96. The molecular weight excluding hydrogens is 457 g/mol. The highest BCUT2D eigenvalue weighted by Gasteiger charge is 2.28. The fourth-order valence-electron chi connectivity index (χ4n) is 4.14. The number of pyridine rings is 1. The van der Waals surface area contributed by atoms with Gasteiger partial charge in [-0.05, 0) is 29.8 Å². The van der Waals surface area contributed by atoms with Gasteiger partial charge < -0.3 is 10.6 Å². The van der Waals surface area contributed by atoms with Crippen molar-refractivity contribution in [1.82, 2.24) is 19.4 Å². The lowest BCUT2D eigenvalue weighted by molar-refractivity contribution is -0.143. The second-order valence-electron chi connectivity index (χ2n) is 8.72. The van der Waals surface area contributed by atoms with Gasteiger partial charge in [0, 0.05) is 55.5 Å². The summed E-state index contributed by atoms with van der Waals surface area (Å²) in [5.41, 5.74) is 9.69. The SMILES string of the molecule is NC1CN(c2ccnc(-c3ccn4c(-c5cccc(CC(=O)CCC(F)(F)F)c5)cnc4c3)n2)C1. The van der Waals surface area contributed by atoms with Crippen LogP contribution in [-0.4, -0.2) is 50.4 Å². The zero-order chi connectivity index (χ0) is 24.6. The number of imidazole rings is 1. The lowest BCUT2D eigenvalue weighted by Gasteiger charge is -2.37. The number of hydrogen-bond acceptors (Lipinski definition) is 6. The summed E-state index contributed by atoms with van der Waals surface area (Å²) < 4.78 is 39.1. The molecule has 0 saturated carbocycles. The summed E-state index contributed by atoms with van der Waals surface area (Å²) in [5, 5.41) is 0. The Labute approximate surface area is 199 Å². The fraction of sp³-hybridized carbons (Fsp3) is 0.280. The van der Waals surface area contributed by atoms with Crippen molar-refractivity contribution >= 4 is 17.2 Å². The first-order chi connectivity index (χ1) is 16.7. The minimum atomic E-state index is -4.33. The highest BCUT2D eigenvalue weighted by molar-refractivity contribution is 5.81. The smallest absolute Gasteiger partial charge is 0.353 e. The molecule has 2 N–H and O–H groups in total. The van der Waals surface area contributed by atoms with Crippen LogP contribution in [0.15, 0.2) is 61.1 Å². The minimum Gasteiger partial charge on any atom is -0.353 e. The first kappa shape index (κ1) is 23.0. The second-order valence-corrected chi connectivity index (χ2v) is 8.72. The highest BCUT2D eigenvalue weighted by atomic mass is 19.4. The van der Waals surface area contributed by atoms with Crippen molar-refractivity contribution in [3.05, 3.63) is 66.6 Å². The number of nitrogens with two attached hydrogens (primary N) is 1. The van der Waals surface area contributed by atoms with Crippen LogP contribution in [0, 0.1) is 0 Å². The monoisotopic (exact) mass is 480 g/mol. The normalized spacial score (nSPS) is 14.3. The Morgan fingerprint density at radius 1 is 1.09 bits per heavy atom. The van der Waals surface area contributed by atoms with E-state index >= 15 is 0 Å². The predicted octanol–water partition coefficient (Wildman–Crippen LogP) is 4.06. The Bertz CT molecular complexity index is 1380. The van der Waals surface area contributed by atoms with Gasteiger partial charge in [0.1, 0.15) is 17.2 Å². The van der Waals surface area contributed by atoms with Crippen LogP contribution in [-0.2, 0) is 11.2 Å². The predicted molar refractivity (Wildman–Crippen MR) is 126 cm³/mol. The lowest BCUT2D eigenvalue weighted by Crippen LogP contribution is -2.56. The van der Waals surface area contributed by atoms with Gasteiger partial charge >= 0.3 is 6.18 Å². The number of carbonyl (C=O) groups excluding carboxylic acids is 1. The number of anilines is 1. The molecule has 1 aromatic carbocycles. The Balaban J connectivity index is 1.36. The third kappa shape index (κ3) is 5.17. The zero-order valence-electron chi connectivity index (χ0n) is 18.7. The van der Waals surface area contributed by atoms with E-state index in [1.54, 1.807) is 24.5 Å². The summed E-state index contributed by atoms with van der Waals surface area (Å²) in [7, 11) is 0. The number of rotatable bonds is 7. The molecule has 0 atom stereocenters. The number of alkyl halides is 3. The molecule has 0 radical (unpaired) electrons. The number of benzene rings is 1. The maximum Gasteiger partial charge on any atom is 0.389 e. The fourth-order valence-corrected chi connectivity index (χ4v) is 4.14. The van der Waals surface area contributed by atoms with E-state index in [-0.39, 0.29) is 12.5 Å². The van der Waals surface area contributed by atoms with Crippen molar-refractivity contribution in [2.75, 3.05) is 18.0 Å². The average molecular weight is 480 g/mol. The van der Waals surface area contributed by atoms with Crippen LogP contribution < -0.4 is 10.6 Å². The van der Waals surface area contributed by atoms with Crippen LogP contribution in [0.4, 0.5) is 19.0 Å². The summed E-state index contributed by atoms with van der Waals surface area (Å²) in [6, 6.07) is 13.1. The van der Waals surface area contributed by atoms with Gasteiger partial charge in [-0.25, -0.2) is 15.0 Å². The summed E-state index contributed by atoms with van der Waals surface area (Å²) in [5.74, 6) is 0.987. The van der Waals surface area contributed by atoms with Gasteiger partial charge in [0.2, 0.25) is 0 Å². The first-order valence-electron chi connectivity index (χ1n) is 11.2. The Morgan fingerprint density at radius 2 is 1.91 bits per heavy atom. The molecule has 0 spiro atoms. The number of halogens is 3. The van der Waals surface area contributed by atoms with Gasteiger partial charge in [-0.1, -0.05) is 18.2 Å². The molecule has 3 aromatic heterocycles. The van der Waals surface area contributed by atoms with Crippen LogP contribution in [0.2, 0.25) is 0 Å². The number of Topliss-reactive ketones (excluding diaryl/α,β-unsaturated/α-hetero) is 1. The van der Waals surface area contributed by atoms with E-state index in [0.717, 1.165) is 35.7 Å². The molecule has 0 amide bonds. The molecule has 7 nitrogen and oxygen atoms in total. The molecular formula is C25H23F3N6O. The molecule has 1 aliphatic heterocycles. The molecule has 5 rings (SSSR count). The summed E-state index contributed by atoms with van der Waals surface area (Å²) in [6.45, 7) is 1.54. The number of ketones is 1. The van der Waals surface area contributed by atoms with E-state index in [2.05, 4.69) is 19.9 Å². The molecule has 0 aliphatic carbocycles. The largest absolute Gasteiger partial charge is 0.389 e. The van der Waals surface area contributed by atoms with E-state index < -0.39 is 24.8 Å². The summed E-state index contributed by atoms with van der Waals surface area (Å²) in [4.78, 5) is 27.7. The molecule has 1 aliphatic rings. The van der Waals surface area contributed by atoms with Crippen LogP contribution >= 0.6 is 0 Å². The molecule has 0 unspecified atom stereocenters. The molecule has 0 bridgehead atoms. The number of carbonyl (C=O) groups is 1. The van der Waals surface area contributed by atoms with Crippen molar-refractivity contribution in [2.45, 2.75) is 31.5 Å². The molecule has 1 saturated heterocycles. The molecule has 4 aromatic rings. The standard InChI is InChI=1S/C25H23F3N6O/c26-25(27,28)7-4-20(35)11-16-2-1-3-17(10-16)21-13-31-23-12-18(6-9-34(21)23)24-30-8-5-22(32-24)33-14-19(29)15-33/h1-3,5-6,8-10,12-13,19H,4,7,11,14-15,29H2. The van der Waals surface area contributed by atoms with E-state index in [9.17, 15) is 18.0 Å². The van der Waals surface area contributed by atoms with Crippen molar-refractivity contribution in [3.8, 4) is 22.6 Å². The van der Waals surface area contributed by atoms with Crippen molar-refractivity contribution in [3.63, 3.8) is 0 Å². The molecule has 35 heavy (non-hydrogen) atoms. The quantitative estimate of drug-likeness (QED) is 0.429. The summed E-state index contributed by atoms with van der Waals surface area (Å²) in [6.07, 6.45) is -0.655. The lowest BCUT2D eigenvalue weighted by atomic mass is 10.0. The maximum atomic E-state index is 12.4. The van der Waals surface area contributed by atoms with Gasteiger partial charge in [-0.2, -0.15) is 13.2 Å². The topological polar surface area (TPSA) is 89.4 Å². The Hall–Kier alpha value is -3.79. The second kappa shape index (κ2) is 9.10. The van der Waals surface area contributed by atoms with Gasteiger partial charge in [0.15, 0.2) is 5.82 Å². The minimum absolute atomic E-state index is 0.0413. The van der Waals surface area contributed by atoms with Crippen LogP contribution in [0.25, 0.3) is 28.3 Å². The van der Waals surface area contributed by atoms with E-state index in [0.29, 0.717) is 17.0 Å². The van der Waals surface area contributed by atoms with Crippen molar-refractivity contribution in [1.29, 1.82) is 0 Å². The molecule has 4 heterocycles. The first-order valence-corrected chi connectivity index (χ1v) is 11.2. The molecule has 180 valence electrons. The van der Waals surface area contributed by atoms with Crippen LogP contribution in [0.5, 0.6) is 0 Å². The van der Waals surface area contributed by atoms with Crippen molar-refractivity contribution in [2.24, 2.45) is 5.73 Å². The Morgan fingerprint density at radius 3 is 2.69 bits per heavy atom. The number of aromatic nitrogens is 4. The van der Waals surface area contributed by atoms with Gasteiger partial charge in [0.05, 0.1) is 18.3 Å². The number of fused-ring (bicyclic) bond motifs is 1. The van der Waals surface area contributed by atoms with Gasteiger partial charge in [-0.3, -0.25) is 9.20 Å². The average Bonchev–Trinajstić information content (AvgIpc) is 3.24. The van der Waals surface area contributed by atoms with Crippen LogP contribution in [0.1, 0.15) is 18.4 Å². The van der Waals surface area contributed by atoms with E-state index in [4.69, 9.17) is 5.73 Å². The summed E-state index contributed by atoms with van der Waals surface area (Å²) >= 11 is 0. The maximum absolute atomic E-state index is 12.4. The third-order valence-electron chi connectivity index (χ3n) is 5.96. The Kier molecular flexibility index (Phi) is 5.98.